The van der Waals surface area contributed by atoms with Gasteiger partial charge in [0.05, 0.1) is 34.0 Å². The van der Waals surface area contributed by atoms with Crippen LogP contribution in [0.15, 0.2) is 164 Å². The predicted molar refractivity (Wildman–Crippen MR) is 206 cm³/mol. The average molecular weight is 631 g/mol. The van der Waals surface area contributed by atoms with Gasteiger partial charge in [0.15, 0.2) is 0 Å². The molecule has 49 heavy (non-hydrogen) atoms. The van der Waals surface area contributed by atoms with E-state index in [4.69, 9.17) is 0 Å². The van der Waals surface area contributed by atoms with E-state index in [2.05, 4.69) is 190 Å². The van der Waals surface area contributed by atoms with Crippen LogP contribution >= 0.6 is 0 Å². The van der Waals surface area contributed by atoms with Gasteiger partial charge >= 0.3 is 0 Å². The second-order valence-electron chi connectivity index (χ2n) is 12.9. The summed E-state index contributed by atoms with van der Waals surface area (Å²) in [5.74, 6) is 0. The van der Waals surface area contributed by atoms with E-state index in [9.17, 15) is 0 Å². The van der Waals surface area contributed by atoms with Crippen molar-refractivity contribution in [2.75, 3.05) is 15.1 Å². The maximum atomic E-state index is 3.71. The van der Waals surface area contributed by atoms with Gasteiger partial charge in [0.1, 0.15) is 6.17 Å². The van der Waals surface area contributed by atoms with Crippen molar-refractivity contribution in [3.8, 4) is 28.1 Å². The monoisotopic (exact) mass is 630 g/mol. The molecular weight excluding hydrogens is 597 g/mol. The summed E-state index contributed by atoms with van der Waals surface area (Å²) in [7, 11) is 0. The Morgan fingerprint density at radius 2 is 1.14 bits per heavy atom. The molecule has 8 aromatic rings. The number of aromatic nitrogens is 1. The van der Waals surface area contributed by atoms with Crippen LogP contribution < -0.4 is 15.1 Å². The Kier molecular flexibility index (Phi) is 6.18. The molecule has 0 radical (unpaired) electrons. The summed E-state index contributed by atoms with van der Waals surface area (Å²) in [6.45, 7) is 2.24. The molecule has 234 valence electrons. The van der Waals surface area contributed by atoms with E-state index in [1.54, 1.807) is 0 Å². The van der Waals surface area contributed by atoms with Crippen LogP contribution in [0.2, 0.25) is 0 Å². The highest BCUT2D eigenvalue weighted by Gasteiger charge is 2.32. The molecule has 0 spiro atoms. The Balaban J connectivity index is 1.20. The zero-order valence-electron chi connectivity index (χ0n) is 27.2. The van der Waals surface area contributed by atoms with Crippen molar-refractivity contribution < 1.29 is 0 Å². The molecule has 7 aromatic carbocycles. The van der Waals surface area contributed by atoms with Crippen LogP contribution in [0.25, 0.3) is 49.7 Å². The first-order valence-electron chi connectivity index (χ1n) is 17.1. The first kappa shape index (κ1) is 27.8. The molecule has 2 aliphatic rings. The number of nitrogens with one attached hydrogen (secondary N) is 1. The predicted octanol–water partition coefficient (Wildman–Crippen LogP) is 12.2. The molecule has 0 saturated carbocycles. The second kappa shape index (κ2) is 10.9. The van der Waals surface area contributed by atoms with Crippen molar-refractivity contribution in [3.05, 3.63) is 164 Å². The minimum Gasteiger partial charge on any atom is -0.363 e. The molecule has 1 unspecified atom stereocenters. The van der Waals surface area contributed by atoms with E-state index in [1.807, 2.05) is 0 Å². The van der Waals surface area contributed by atoms with Crippen molar-refractivity contribution >= 4 is 55.8 Å². The first-order chi connectivity index (χ1) is 24.3. The first-order valence-corrected chi connectivity index (χ1v) is 17.1. The molecule has 4 heteroatoms. The van der Waals surface area contributed by atoms with E-state index >= 15 is 0 Å². The third-order valence-electron chi connectivity index (χ3n) is 10.3. The van der Waals surface area contributed by atoms with Crippen LogP contribution in [-0.2, 0) is 0 Å². The Morgan fingerprint density at radius 3 is 1.96 bits per heavy atom. The summed E-state index contributed by atoms with van der Waals surface area (Å²) >= 11 is 0. The summed E-state index contributed by atoms with van der Waals surface area (Å²) in [5, 5.41) is 7.43. The molecule has 10 rings (SSSR count). The molecule has 0 bridgehead atoms. The highest BCUT2D eigenvalue weighted by molar-refractivity contribution is 6.13. The number of hydrogen-bond donors (Lipinski definition) is 1. The molecule has 0 amide bonds. The Labute approximate surface area is 286 Å². The van der Waals surface area contributed by atoms with Gasteiger partial charge in [0.2, 0.25) is 0 Å². The van der Waals surface area contributed by atoms with E-state index in [0.717, 1.165) is 23.5 Å². The molecule has 2 aliphatic heterocycles. The van der Waals surface area contributed by atoms with Crippen molar-refractivity contribution in [2.45, 2.75) is 19.5 Å². The van der Waals surface area contributed by atoms with E-state index < -0.39 is 0 Å². The smallest absolute Gasteiger partial charge is 0.104 e. The zero-order valence-corrected chi connectivity index (χ0v) is 27.2. The van der Waals surface area contributed by atoms with E-state index in [0.29, 0.717) is 0 Å². The van der Waals surface area contributed by atoms with Gasteiger partial charge in [0.25, 0.3) is 0 Å². The summed E-state index contributed by atoms with van der Waals surface area (Å²) in [6, 6.07) is 59.8. The molecule has 0 aliphatic carbocycles. The fourth-order valence-electron chi connectivity index (χ4n) is 8.09. The highest BCUT2D eigenvalue weighted by Crippen LogP contribution is 2.54. The lowest BCUT2D eigenvalue weighted by atomic mass is 9.98. The van der Waals surface area contributed by atoms with Crippen molar-refractivity contribution in [3.63, 3.8) is 0 Å². The number of anilines is 6. The number of hydrogen-bond acceptors (Lipinski definition) is 3. The van der Waals surface area contributed by atoms with Crippen LogP contribution in [0.4, 0.5) is 34.1 Å². The molecule has 0 fully saturated rings. The Bertz CT molecular complexity index is 2540. The van der Waals surface area contributed by atoms with Crippen molar-refractivity contribution in [2.24, 2.45) is 0 Å². The summed E-state index contributed by atoms with van der Waals surface area (Å²) in [5.41, 5.74) is 14.3. The SMILES string of the molecule is CCC1Nc2ccccc2N1c1ccc(N2c3ccccc3-c3c(n(-c4ccc5ccccc5c4)c4ccccc34)-c3ccccc32)cc1. The highest BCUT2D eigenvalue weighted by atomic mass is 15.3. The van der Waals surface area contributed by atoms with Gasteiger partial charge in [-0.25, -0.2) is 0 Å². The lowest BCUT2D eigenvalue weighted by Crippen LogP contribution is -2.30. The van der Waals surface area contributed by atoms with Gasteiger partial charge in [-0.05, 0) is 83.9 Å². The minimum atomic E-state index is 0.219. The van der Waals surface area contributed by atoms with Crippen molar-refractivity contribution in [1.82, 2.24) is 4.57 Å². The fraction of sp³-hybridized carbons (Fsp3) is 0.0667. The normalized spacial score (nSPS) is 14.6. The molecule has 1 aromatic heterocycles. The summed E-state index contributed by atoms with van der Waals surface area (Å²) < 4.78 is 2.47. The maximum Gasteiger partial charge on any atom is 0.104 e. The lowest BCUT2D eigenvalue weighted by Gasteiger charge is -2.29. The lowest BCUT2D eigenvalue weighted by molar-refractivity contribution is 0.728. The third-order valence-corrected chi connectivity index (χ3v) is 10.3. The summed E-state index contributed by atoms with van der Waals surface area (Å²) in [6.07, 6.45) is 1.21. The van der Waals surface area contributed by atoms with Gasteiger partial charge in [-0.1, -0.05) is 104 Å². The molecule has 4 nitrogen and oxygen atoms in total. The van der Waals surface area contributed by atoms with Gasteiger partial charge in [-0.15, -0.1) is 0 Å². The fourth-order valence-corrected chi connectivity index (χ4v) is 8.09. The second-order valence-corrected chi connectivity index (χ2v) is 12.9. The number of para-hydroxylation sites is 5. The molecule has 0 saturated heterocycles. The summed E-state index contributed by atoms with van der Waals surface area (Å²) in [4.78, 5) is 4.87. The van der Waals surface area contributed by atoms with Crippen LogP contribution in [0, 0.1) is 0 Å². The van der Waals surface area contributed by atoms with Crippen LogP contribution in [0.3, 0.4) is 0 Å². The molecule has 3 heterocycles. The van der Waals surface area contributed by atoms with E-state index in [1.165, 1.54) is 66.8 Å². The van der Waals surface area contributed by atoms with Crippen LogP contribution in [0.5, 0.6) is 0 Å². The Hall–Kier alpha value is -6.26. The maximum absolute atomic E-state index is 3.71. The van der Waals surface area contributed by atoms with Gasteiger partial charge in [0, 0.05) is 39.1 Å². The van der Waals surface area contributed by atoms with E-state index in [-0.39, 0.29) is 6.17 Å². The van der Waals surface area contributed by atoms with Crippen LogP contribution in [0.1, 0.15) is 13.3 Å². The third kappa shape index (κ3) is 4.17. The minimum absolute atomic E-state index is 0.219. The zero-order chi connectivity index (χ0) is 32.5. The molecular formula is C45H34N4. The molecule has 1 N–H and O–H groups in total. The quantitative estimate of drug-likeness (QED) is 0.209. The standard InChI is InChI=1S/C45H34N4/c1-2-43-46-38-18-8-12-22-42(38)48(43)33-27-25-32(26-28-33)47-39-19-9-5-15-35(39)44-36-16-6-10-20-40(36)49(45(44)37-17-7-11-21-41(37)47)34-24-23-30-13-3-4-14-31(30)29-34/h3-29,43,46H,2H2,1H3. The number of benzene rings is 7. The number of rotatable bonds is 4. The average Bonchev–Trinajstić information content (AvgIpc) is 3.68. The van der Waals surface area contributed by atoms with Crippen LogP contribution in [-0.4, -0.2) is 10.7 Å². The topological polar surface area (TPSA) is 23.4 Å². The molecule has 1 atom stereocenters. The van der Waals surface area contributed by atoms with Crippen molar-refractivity contribution in [1.29, 1.82) is 0 Å². The Morgan fingerprint density at radius 1 is 0.531 bits per heavy atom. The number of fused-ring (bicyclic) bond motifs is 9. The van der Waals surface area contributed by atoms with Gasteiger partial charge in [-0.3, -0.25) is 0 Å². The van der Waals surface area contributed by atoms with Gasteiger partial charge < -0.3 is 19.7 Å². The number of nitrogens with zero attached hydrogens (tertiary/aromatic N) is 3. The van der Waals surface area contributed by atoms with Gasteiger partial charge in [-0.2, -0.15) is 0 Å². The largest absolute Gasteiger partial charge is 0.363 e.